The maximum atomic E-state index is 12.8. The Morgan fingerprint density at radius 1 is 1.23 bits per heavy atom. The second-order valence-electron chi connectivity index (χ2n) is 7.39. The third-order valence-corrected chi connectivity index (χ3v) is 5.52. The topological polar surface area (TPSA) is 64.5 Å². The van der Waals surface area contributed by atoms with Gasteiger partial charge in [0.15, 0.2) is 0 Å². The van der Waals surface area contributed by atoms with Gasteiger partial charge in [0.25, 0.3) is 0 Å². The van der Waals surface area contributed by atoms with Gasteiger partial charge in [0.2, 0.25) is 5.91 Å². The number of benzene rings is 2. The molecule has 1 aromatic heterocycles. The van der Waals surface area contributed by atoms with E-state index in [1.165, 1.54) is 0 Å². The van der Waals surface area contributed by atoms with Crippen LogP contribution < -0.4 is 4.74 Å². The lowest BCUT2D eigenvalue weighted by atomic mass is 10.1. The number of nitrogens with zero attached hydrogens (tertiary/aromatic N) is 3. The summed E-state index contributed by atoms with van der Waals surface area (Å²) < 4.78 is 11.2. The maximum absolute atomic E-state index is 12.8. The first-order chi connectivity index (χ1) is 15.1. The number of amides is 1. The number of ether oxygens (including phenoxy) is 2. The molecule has 6 nitrogen and oxygen atoms in total. The first-order valence-electron chi connectivity index (χ1n) is 10.2. The van der Waals surface area contributed by atoms with Gasteiger partial charge in [-0.15, -0.1) is 0 Å². The first-order valence-corrected chi connectivity index (χ1v) is 10.6. The average molecular weight is 438 g/mol. The van der Waals surface area contributed by atoms with Crippen molar-refractivity contribution < 1.29 is 14.3 Å². The van der Waals surface area contributed by atoms with Crippen molar-refractivity contribution in [1.82, 2.24) is 14.9 Å². The van der Waals surface area contributed by atoms with E-state index >= 15 is 0 Å². The second kappa shape index (κ2) is 9.90. The van der Waals surface area contributed by atoms with Crippen molar-refractivity contribution in [2.24, 2.45) is 0 Å². The largest absolute Gasteiger partial charge is 0.497 e. The van der Waals surface area contributed by atoms with Gasteiger partial charge in [0.05, 0.1) is 44.0 Å². The number of rotatable bonds is 6. The molecule has 2 aromatic carbocycles. The van der Waals surface area contributed by atoms with Crippen molar-refractivity contribution in [2.75, 3.05) is 26.8 Å². The van der Waals surface area contributed by atoms with E-state index in [4.69, 9.17) is 26.1 Å². The molecule has 4 rings (SSSR count). The summed E-state index contributed by atoms with van der Waals surface area (Å²) in [6.07, 6.45) is 4.21. The number of aryl methyl sites for hydroxylation is 1. The van der Waals surface area contributed by atoms with Crippen molar-refractivity contribution in [1.29, 1.82) is 0 Å². The number of hydrogen-bond acceptors (Lipinski definition) is 5. The Hall–Kier alpha value is -2.96. The minimum Gasteiger partial charge on any atom is -0.497 e. The lowest BCUT2D eigenvalue weighted by molar-refractivity contribution is -0.139. The van der Waals surface area contributed by atoms with E-state index < -0.39 is 0 Å². The third-order valence-electron chi connectivity index (χ3n) is 5.28. The summed E-state index contributed by atoms with van der Waals surface area (Å²) in [4.78, 5) is 23.7. The van der Waals surface area contributed by atoms with Gasteiger partial charge >= 0.3 is 0 Å². The maximum Gasteiger partial charge on any atom is 0.223 e. The van der Waals surface area contributed by atoms with Crippen molar-refractivity contribution in [3.63, 3.8) is 0 Å². The van der Waals surface area contributed by atoms with E-state index in [-0.39, 0.29) is 12.0 Å². The molecular formula is C24H24ClN3O3. The number of aromatic nitrogens is 2. The summed E-state index contributed by atoms with van der Waals surface area (Å²) >= 11 is 6.04. The molecule has 7 heteroatoms. The molecule has 0 radical (unpaired) electrons. The molecular weight excluding hydrogens is 414 g/mol. The molecule has 0 aliphatic carbocycles. The summed E-state index contributed by atoms with van der Waals surface area (Å²) in [6, 6.07) is 15.3. The molecule has 1 saturated heterocycles. The fraction of sp³-hybridized carbons (Fsp3) is 0.292. The Morgan fingerprint density at radius 2 is 2.10 bits per heavy atom. The number of hydrogen-bond donors (Lipinski definition) is 0. The second-order valence-corrected chi connectivity index (χ2v) is 7.83. The molecule has 3 aromatic rings. The summed E-state index contributed by atoms with van der Waals surface area (Å²) in [5, 5.41) is 0.686. The Bertz CT molecular complexity index is 1060. The van der Waals surface area contributed by atoms with Crippen LogP contribution in [-0.2, 0) is 16.0 Å². The van der Waals surface area contributed by atoms with Crippen LogP contribution in [0.3, 0.4) is 0 Å². The Labute approximate surface area is 186 Å². The lowest BCUT2D eigenvalue weighted by Crippen LogP contribution is -2.42. The lowest BCUT2D eigenvalue weighted by Gasteiger charge is -2.32. The molecule has 1 aliphatic rings. The SMILES string of the molecule is COc1cccc(-c2cncc([C@H]3CN(C(=O)CCc4cccc(Cl)c4)CCO3)n2)c1. The van der Waals surface area contributed by atoms with Crippen LogP contribution in [0, 0.1) is 0 Å². The standard InChI is InChI=1S/C24H24ClN3O3/c1-30-20-7-3-5-18(13-20)21-14-26-15-22(27-21)23-16-28(10-11-31-23)24(29)9-8-17-4-2-6-19(25)12-17/h2-7,12-15,23H,8-11,16H2,1H3/t23-/m1/s1. The number of carbonyl (C=O) groups excluding carboxylic acids is 1. The number of halogens is 1. The molecule has 1 aliphatic heterocycles. The normalized spacial score (nSPS) is 16.2. The van der Waals surface area contributed by atoms with E-state index in [1.54, 1.807) is 19.5 Å². The van der Waals surface area contributed by atoms with E-state index in [9.17, 15) is 4.79 Å². The highest BCUT2D eigenvalue weighted by Crippen LogP contribution is 2.26. The molecule has 160 valence electrons. The van der Waals surface area contributed by atoms with Crippen molar-refractivity contribution in [3.8, 4) is 17.0 Å². The molecule has 0 saturated carbocycles. The van der Waals surface area contributed by atoms with Gasteiger partial charge < -0.3 is 14.4 Å². The van der Waals surface area contributed by atoms with E-state index in [0.29, 0.717) is 43.3 Å². The number of methoxy groups -OCH3 is 1. The van der Waals surface area contributed by atoms with Crippen LogP contribution in [0.1, 0.15) is 23.8 Å². The van der Waals surface area contributed by atoms with Crippen LogP contribution in [-0.4, -0.2) is 47.6 Å². The van der Waals surface area contributed by atoms with Gasteiger partial charge in [-0.05, 0) is 36.2 Å². The zero-order valence-corrected chi connectivity index (χ0v) is 18.1. The van der Waals surface area contributed by atoms with E-state index in [2.05, 4.69) is 4.98 Å². The number of morpholine rings is 1. The summed E-state index contributed by atoms with van der Waals surface area (Å²) in [7, 11) is 1.63. The monoisotopic (exact) mass is 437 g/mol. The quantitative estimate of drug-likeness (QED) is 0.574. The van der Waals surface area contributed by atoms with Crippen LogP contribution in [0.2, 0.25) is 5.02 Å². The highest BCUT2D eigenvalue weighted by molar-refractivity contribution is 6.30. The first kappa shape index (κ1) is 21.3. The van der Waals surface area contributed by atoms with E-state index in [0.717, 1.165) is 22.6 Å². The minimum absolute atomic E-state index is 0.102. The molecule has 2 heterocycles. The molecule has 0 N–H and O–H groups in total. The van der Waals surface area contributed by atoms with Crippen molar-refractivity contribution in [3.05, 3.63) is 77.2 Å². The fourth-order valence-electron chi connectivity index (χ4n) is 3.61. The molecule has 31 heavy (non-hydrogen) atoms. The minimum atomic E-state index is -0.304. The Morgan fingerprint density at radius 3 is 2.94 bits per heavy atom. The Balaban J connectivity index is 1.42. The van der Waals surface area contributed by atoms with Crippen molar-refractivity contribution in [2.45, 2.75) is 18.9 Å². The van der Waals surface area contributed by atoms with Crippen LogP contribution in [0.5, 0.6) is 5.75 Å². The third kappa shape index (κ3) is 5.40. The van der Waals surface area contributed by atoms with Gasteiger partial charge in [0.1, 0.15) is 11.9 Å². The zero-order chi connectivity index (χ0) is 21.6. The van der Waals surface area contributed by atoms with Gasteiger partial charge in [-0.2, -0.15) is 0 Å². The zero-order valence-electron chi connectivity index (χ0n) is 17.3. The van der Waals surface area contributed by atoms with E-state index in [1.807, 2.05) is 53.4 Å². The van der Waals surface area contributed by atoms with Gasteiger partial charge in [-0.1, -0.05) is 35.9 Å². The number of carbonyl (C=O) groups is 1. The Kier molecular flexibility index (Phi) is 6.79. The average Bonchev–Trinajstić information content (AvgIpc) is 2.83. The summed E-state index contributed by atoms with van der Waals surface area (Å²) in [5.74, 6) is 0.861. The highest BCUT2D eigenvalue weighted by atomic mass is 35.5. The molecule has 1 amide bonds. The highest BCUT2D eigenvalue weighted by Gasteiger charge is 2.26. The molecule has 0 spiro atoms. The summed E-state index contributed by atoms with van der Waals surface area (Å²) in [6.45, 7) is 1.51. The van der Waals surface area contributed by atoms with Crippen LogP contribution >= 0.6 is 11.6 Å². The van der Waals surface area contributed by atoms with Crippen LogP contribution in [0.25, 0.3) is 11.3 Å². The smallest absolute Gasteiger partial charge is 0.223 e. The predicted octanol–water partition coefficient (Wildman–Crippen LogP) is 4.34. The van der Waals surface area contributed by atoms with Gasteiger partial charge in [0, 0.05) is 23.6 Å². The van der Waals surface area contributed by atoms with Gasteiger partial charge in [-0.3, -0.25) is 9.78 Å². The predicted molar refractivity (Wildman–Crippen MR) is 119 cm³/mol. The summed E-state index contributed by atoms with van der Waals surface area (Å²) in [5.41, 5.74) is 3.43. The van der Waals surface area contributed by atoms with Crippen LogP contribution in [0.4, 0.5) is 0 Å². The van der Waals surface area contributed by atoms with Gasteiger partial charge in [-0.25, -0.2) is 4.98 Å². The molecule has 1 fully saturated rings. The molecule has 0 bridgehead atoms. The fourth-order valence-corrected chi connectivity index (χ4v) is 3.83. The molecule has 1 atom stereocenters. The van der Waals surface area contributed by atoms with Crippen molar-refractivity contribution >= 4 is 17.5 Å². The van der Waals surface area contributed by atoms with Crippen LogP contribution in [0.15, 0.2) is 60.9 Å². The molecule has 0 unspecified atom stereocenters.